The Labute approximate surface area is 169 Å². The molecule has 0 bridgehead atoms. The number of aromatic nitrogens is 3. The third-order valence-electron chi connectivity index (χ3n) is 4.20. The molecule has 3 rings (SSSR count). The molecule has 0 radical (unpaired) electrons. The van der Waals surface area contributed by atoms with Gasteiger partial charge in [0.15, 0.2) is 17.3 Å². The molecule has 0 aliphatic carbocycles. The second-order valence-corrected chi connectivity index (χ2v) is 7.14. The smallest absolute Gasteiger partial charge is 0.216 e. The second-order valence-electron chi connectivity index (χ2n) is 6.75. The van der Waals surface area contributed by atoms with Crippen LogP contribution in [-0.4, -0.2) is 28.2 Å². The predicted molar refractivity (Wildman–Crippen MR) is 113 cm³/mol. The number of aryl methyl sites for hydroxylation is 1. The molecule has 2 aromatic carbocycles. The molecule has 0 spiro atoms. The van der Waals surface area contributed by atoms with Crippen molar-refractivity contribution in [2.45, 2.75) is 33.3 Å². The summed E-state index contributed by atoms with van der Waals surface area (Å²) in [6, 6.07) is 13.9. The summed E-state index contributed by atoms with van der Waals surface area (Å²) < 4.78 is 13.7. The van der Waals surface area contributed by atoms with Crippen molar-refractivity contribution in [1.29, 1.82) is 0 Å². The molecule has 6 nitrogen and oxygen atoms in total. The van der Waals surface area contributed by atoms with E-state index in [0.717, 1.165) is 17.0 Å². The Hall–Kier alpha value is -2.93. The minimum atomic E-state index is 0.187. The Kier molecular flexibility index (Phi) is 6.26. The van der Waals surface area contributed by atoms with Gasteiger partial charge in [0, 0.05) is 11.5 Å². The quantitative estimate of drug-likeness (QED) is 0.458. The molecule has 0 atom stereocenters. The van der Waals surface area contributed by atoms with Crippen molar-refractivity contribution in [1.82, 2.24) is 14.9 Å². The molecule has 0 aliphatic heterocycles. The lowest BCUT2D eigenvalue weighted by atomic mass is 10.1. The van der Waals surface area contributed by atoms with Crippen molar-refractivity contribution >= 4 is 18.4 Å². The third-order valence-corrected chi connectivity index (χ3v) is 4.46. The lowest BCUT2D eigenvalue weighted by Gasteiger charge is -2.13. The number of hydrogen-bond acceptors (Lipinski definition) is 5. The van der Waals surface area contributed by atoms with Crippen LogP contribution < -0.4 is 9.47 Å². The minimum absolute atomic E-state index is 0.187. The monoisotopic (exact) mass is 396 g/mol. The molecule has 0 unspecified atom stereocenters. The van der Waals surface area contributed by atoms with E-state index in [9.17, 15) is 0 Å². The maximum absolute atomic E-state index is 6.10. The first kappa shape index (κ1) is 19.8. The standard InChI is InChI=1S/C21H24N4O2S/c1-14(2)20-23-24-21(28)25(20)22-12-17-9-6-10-18(26-4)19(17)27-13-16-8-5-7-15(3)11-16/h5-12,14H,13H2,1-4H3,(H,24,28)/b22-12-. The average Bonchev–Trinajstić information content (AvgIpc) is 3.05. The van der Waals surface area contributed by atoms with Crippen molar-refractivity contribution in [2.75, 3.05) is 7.11 Å². The molecule has 0 saturated carbocycles. The molecule has 0 amide bonds. The molecule has 7 heteroatoms. The van der Waals surface area contributed by atoms with Crippen LogP contribution in [0.5, 0.6) is 11.5 Å². The maximum Gasteiger partial charge on any atom is 0.216 e. The molecule has 0 aliphatic rings. The fourth-order valence-corrected chi connectivity index (χ4v) is 3.00. The van der Waals surface area contributed by atoms with Crippen molar-refractivity contribution in [2.24, 2.45) is 5.10 Å². The van der Waals surface area contributed by atoms with Crippen LogP contribution in [0, 0.1) is 11.7 Å². The van der Waals surface area contributed by atoms with Gasteiger partial charge >= 0.3 is 0 Å². The highest BCUT2D eigenvalue weighted by Gasteiger charge is 2.12. The number of hydrogen-bond donors (Lipinski definition) is 1. The molecule has 1 heterocycles. The largest absolute Gasteiger partial charge is 0.493 e. The van der Waals surface area contributed by atoms with Gasteiger partial charge in [0.25, 0.3) is 0 Å². The first-order valence-corrected chi connectivity index (χ1v) is 9.47. The number of aromatic amines is 1. The number of H-pyrrole nitrogens is 1. The van der Waals surface area contributed by atoms with Crippen LogP contribution in [0.2, 0.25) is 0 Å². The Morgan fingerprint density at radius 3 is 2.75 bits per heavy atom. The van der Waals surface area contributed by atoms with E-state index < -0.39 is 0 Å². The van der Waals surface area contributed by atoms with E-state index >= 15 is 0 Å². The summed E-state index contributed by atoms with van der Waals surface area (Å²) in [6.45, 7) is 6.58. The van der Waals surface area contributed by atoms with Gasteiger partial charge < -0.3 is 9.47 Å². The van der Waals surface area contributed by atoms with Crippen LogP contribution in [0.15, 0.2) is 47.6 Å². The van der Waals surface area contributed by atoms with E-state index in [2.05, 4.69) is 34.4 Å². The van der Waals surface area contributed by atoms with Crippen LogP contribution in [0.4, 0.5) is 0 Å². The fourth-order valence-electron chi connectivity index (χ4n) is 2.82. The number of para-hydroxylation sites is 1. The molecule has 1 aromatic heterocycles. The van der Waals surface area contributed by atoms with E-state index in [4.69, 9.17) is 21.7 Å². The van der Waals surface area contributed by atoms with Gasteiger partial charge in [-0.05, 0) is 36.8 Å². The summed E-state index contributed by atoms with van der Waals surface area (Å²) in [4.78, 5) is 0. The molecule has 3 aromatic rings. The van der Waals surface area contributed by atoms with Gasteiger partial charge in [-0.15, -0.1) is 0 Å². The molecule has 1 N–H and O–H groups in total. The fraction of sp³-hybridized carbons (Fsp3) is 0.286. The number of nitrogens with zero attached hydrogens (tertiary/aromatic N) is 3. The minimum Gasteiger partial charge on any atom is -0.493 e. The van der Waals surface area contributed by atoms with Gasteiger partial charge in [0.1, 0.15) is 6.61 Å². The van der Waals surface area contributed by atoms with Crippen molar-refractivity contribution in [3.05, 3.63) is 69.8 Å². The van der Waals surface area contributed by atoms with Gasteiger partial charge in [-0.1, -0.05) is 49.7 Å². The zero-order chi connectivity index (χ0) is 20.1. The number of benzene rings is 2. The number of ether oxygens (including phenoxy) is 2. The van der Waals surface area contributed by atoms with E-state index in [1.165, 1.54) is 5.56 Å². The van der Waals surface area contributed by atoms with E-state index in [1.54, 1.807) is 18.0 Å². The normalized spacial score (nSPS) is 11.3. The highest BCUT2D eigenvalue weighted by molar-refractivity contribution is 7.71. The van der Waals surface area contributed by atoms with Crippen LogP contribution in [-0.2, 0) is 6.61 Å². The Morgan fingerprint density at radius 2 is 2.04 bits per heavy atom. The topological polar surface area (TPSA) is 64.4 Å². The SMILES string of the molecule is COc1cccc(/C=N\n2c(C(C)C)n[nH]c2=S)c1OCc1cccc(C)c1. The summed E-state index contributed by atoms with van der Waals surface area (Å²) in [5.41, 5.74) is 3.08. The molecular weight excluding hydrogens is 372 g/mol. The Bertz CT molecular complexity index is 1040. The zero-order valence-corrected chi connectivity index (χ0v) is 17.3. The summed E-state index contributed by atoms with van der Waals surface area (Å²) in [5.74, 6) is 2.24. The summed E-state index contributed by atoms with van der Waals surface area (Å²) >= 11 is 5.29. The van der Waals surface area contributed by atoms with Crippen molar-refractivity contribution in [3.8, 4) is 11.5 Å². The highest BCUT2D eigenvalue weighted by atomic mass is 32.1. The van der Waals surface area contributed by atoms with Gasteiger partial charge in [-0.2, -0.15) is 14.9 Å². The molecular formula is C21H24N4O2S. The summed E-state index contributed by atoms with van der Waals surface area (Å²) in [7, 11) is 1.62. The number of rotatable bonds is 7. The van der Waals surface area contributed by atoms with Crippen LogP contribution >= 0.6 is 12.2 Å². The highest BCUT2D eigenvalue weighted by Crippen LogP contribution is 2.31. The number of nitrogens with one attached hydrogen (secondary N) is 1. The molecule has 146 valence electrons. The average molecular weight is 397 g/mol. The zero-order valence-electron chi connectivity index (χ0n) is 16.5. The van der Waals surface area contributed by atoms with Gasteiger partial charge in [-0.25, -0.2) is 0 Å². The van der Waals surface area contributed by atoms with E-state index in [0.29, 0.717) is 22.9 Å². The van der Waals surface area contributed by atoms with Crippen LogP contribution in [0.1, 0.15) is 42.3 Å². The maximum atomic E-state index is 6.10. The van der Waals surface area contributed by atoms with Crippen LogP contribution in [0.25, 0.3) is 0 Å². The van der Waals surface area contributed by atoms with Crippen molar-refractivity contribution in [3.63, 3.8) is 0 Å². The van der Waals surface area contributed by atoms with E-state index in [-0.39, 0.29) is 5.92 Å². The van der Waals surface area contributed by atoms with Crippen LogP contribution in [0.3, 0.4) is 0 Å². The summed E-state index contributed by atoms with van der Waals surface area (Å²) in [6.07, 6.45) is 1.71. The lowest BCUT2D eigenvalue weighted by Crippen LogP contribution is -2.03. The van der Waals surface area contributed by atoms with Gasteiger partial charge in [0.2, 0.25) is 4.77 Å². The molecule has 0 fully saturated rings. The first-order chi connectivity index (χ1) is 13.5. The summed E-state index contributed by atoms with van der Waals surface area (Å²) in [5, 5.41) is 11.6. The third kappa shape index (κ3) is 4.48. The molecule has 28 heavy (non-hydrogen) atoms. The first-order valence-electron chi connectivity index (χ1n) is 9.06. The second kappa shape index (κ2) is 8.84. The van der Waals surface area contributed by atoms with E-state index in [1.807, 2.05) is 44.2 Å². The van der Waals surface area contributed by atoms with Crippen molar-refractivity contribution < 1.29 is 9.47 Å². The Balaban J connectivity index is 1.91. The van der Waals surface area contributed by atoms with Gasteiger partial charge in [-0.3, -0.25) is 5.10 Å². The van der Waals surface area contributed by atoms with Gasteiger partial charge in [0.05, 0.1) is 13.3 Å². The lowest BCUT2D eigenvalue weighted by molar-refractivity contribution is 0.284. The predicted octanol–water partition coefficient (Wildman–Crippen LogP) is 4.84. The molecule has 0 saturated heterocycles. The number of methoxy groups -OCH3 is 1. The Morgan fingerprint density at radius 1 is 1.25 bits per heavy atom.